The maximum Gasteiger partial charge on any atom is 0.265 e. The van der Waals surface area contributed by atoms with E-state index in [4.69, 9.17) is 0 Å². The van der Waals surface area contributed by atoms with E-state index in [0.717, 1.165) is 8.39 Å². The molecule has 0 bridgehead atoms. The number of aromatic nitrogens is 1. The number of carbonyl (C=O) groups is 1. The van der Waals surface area contributed by atoms with Crippen LogP contribution in [0.15, 0.2) is 38.9 Å². The van der Waals surface area contributed by atoms with Crippen molar-refractivity contribution in [2.24, 2.45) is 0 Å². The Morgan fingerprint density at radius 3 is 2.62 bits per heavy atom. The summed E-state index contributed by atoms with van der Waals surface area (Å²) in [6.45, 7) is 0. The molecule has 1 N–H and O–H groups in total. The highest BCUT2D eigenvalue weighted by atomic mass is 79.9. The van der Waals surface area contributed by atoms with Crippen molar-refractivity contribution in [1.29, 1.82) is 0 Å². The van der Waals surface area contributed by atoms with E-state index in [1.54, 1.807) is 24.4 Å². The number of thiophene rings is 1. The number of nitrogens with zero attached hydrogens (tertiary/aromatic N) is 1. The predicted molar refractivity (Wildman–Crippen MR) is 71.9 cm³/mol. The first-order valence-electron chi connectivity index (χ1n) is 4.33. The molecule has 3 nitrogen and oxygen atoms in total. The molecule has 2 rings (SSSR count). The first-order valence-corrected chi connectivity index (χ1v) is 6.73. The van der Waals surface area contributed by atoms with Gasteiger partial charge in [-0.15, -0.1) is 11.3 Å². The molecule has 0 aromatic carbocycles. The number of amides is 1. The molecule has 0 radical (unpaired) electrons. The minimum absolute atomic E-state index is 0.125. The van der Waals surface area contributed by atoms with Crippen molar-refractivity contribution in [2.45, 2.75) is 0 Å². The summed E-state index contributed by atoms with van der Waals surface area (Å²) in [4.78, 5) is 16.4. The fourth-order valence-electron chi connectivity index (χ4n) is 1.08. The molecule has 82 valence electrons. The minimum Gasteiger partial charge on any atom is -0.320 e. The van der Waals surface area contributed by atoms with Gasteiger partial charge in [-0.2, -0.15) is 0 Å². The van der Waals surface area contributed by atoms with E-state index < -0.39 is 0 Å². The zero-order valence-electron chi connectivity index (χ0n) is 7.91. The van der Waals surface area contributed by atoms with Crippen LogP contribution >= 0.6 is 43.2 Å². The second-order valence-electron chi connectivity index (χ2n) is 2.93. The zero-order chi connectivity index (χ0) is 11.5. The first-order chi connectivity index (χ1) is 7.65. The maximum atomic E-state index is 11.8. The number of anilines is 1. The Hall–Kier alpha value is -0.720. The summed E-state index contributed by atoms with van der Waals surface area (Å²) in [6.07, 6.45) is 1.60. The molecule has 0 aliphatic carbocycles. The van der Waals surface area contributed by atoms with Gasteiger partial charge in [-0.25, -0.2) is 4.98 Å². The number of rotatable bonds is 2. The molecule has 0 aliphatic rings. The summed E-state index contributed by atoms with van der Waals surface area (Å²) >= 11 is 7.94. The summed E-state index contributed by atoms with van der Waals surface area (Å²) in [6, 6.07) is 7.19. The van der Waals surface area contributed by atoms with Crippen LogP contribution < -0.4 is 5.32 Å². The lowest BCUT2D eigenvalue weighted by Gasteiger charge is -2.02. The normalized spacial score (nSPS) is 10.1. The van der Waals surface area contributed by atoms with E-state index >= 15 is 0 Å². The maximum absolute atomic E-state index is 11.8. The average Bonchev–Trinajstić information content (AvgIpc) is 2.68. The second kappa shape index (κ2) is 5.07. The summed E-state index contributed by atoms with van der Waals surface area (Å²) in [5.74, 6) is -0.125. The molecule has 0 fully saturated rings. The van der Waals surface area contributed by atoms with Gasteiger partial charge in [-0.3, -0.25) is 4.79 Å². The third-order valence-corrected chi connectivity index (χ3v) is 3.87. The smallest absolute Gasteiger partial charge is 0.265 e. The van der Waals surface area contributed by atoms with Crippen molar-refractivity contribution in [2.75, 3.05) is 5.32 Å². The van der Waals surface area contributed by atoms with Crippen LogP contribution in [-0.4, -0.2) is 10.9 Å². The van der Waals surface area contributed by atoms with E-state index in [9.17, 15) is 4.79 Å². The van der Waals surface area contributed by atoms with Crippen LogP contribution in [-0.2, 0) is 0 Å². The molecule has 0 aliphatic heterocycles. The van der Waals surface area contributed by atoms with Crippen molar-refractivity contribution < 1.29 is 4.79 Å². The van der Waals surface area contributed by atoms with Gasteiger partial charge in [0.2, 0.25) is 0 Å². The molecule has 2 aromatic heterocycles. The van der Waals surface area contributed by atoms with Crippen LogP contribution in [0.25, 0.3) is 0 Å². The Morgan fingerprint density at radius 2 is 2.06 bits per heavy atom. The van der Waals surface area contributed by atoms with E-state index in [1.807, 2.05) is 6.07 Å². The third-order valence-electron chi connectivity index (χ3n) is 1.78. The Labute approximate surface area is 113 Å². The quantitative estimate of drug-likeness (QED) is 0.823. The van der Waals surface area contributed by atoms with Crippen LogP contribution in [0.2, 0.25) is 0 Å². The minimum atomic E-state index is -0.125. The number of hydrogen-bond donors (Lipinski definition) is 1. The van der Waals surface area contributed by atoms with Crippen molar-refractivity contribution in [3.05, 3.63) is 43.7 Å². The number of halogens is 2. The van der Waals surface area contributed by atoms with Crippen molar-refractivity contribution in [3.8, 4) is 0 Å². The molecule has 0 atom stereocenters. The fraction of sp³-hybridized carbons (Fsp3) is 0. The van der Waals surface area contributed by atoms with Crippen molar-refractivity contribution in [3.63, 3.8) is 0 Å². The topological polar surface area (TPSA) is 42.0 Å². The van der Waals surface area contributed by atoms with Crippen LogP contribution in [0.4, 0.5) is 5.69 Å². The van der Waals surface area contributed by atoms with Gasteiger partial charge in [0.05, 0.1) is 20.5 Å². The summed E-state index contributed by atoms with van der Waals surface area (Å²) < 4.78 is 1.68. The molecule has 2 aromatic rings. The lowest BCUT2D eigenvalue weighted by Crippen LogP contribution is -2.10. The lowest BCUT2D eigenvalue weighted by molar-refractivity contribution is 0.103. The van der Waals surface area contributed by atoms with E-state index in [2.05, 4.69) is 42.2 Å². The molecule has 16 heavy (non-hydrogen) atoms. The number of pyridine rings is 1. The van der Waals surface area contributed by atoms with Gasteiger partial charge in [0.25, 0.3) is 5.91 Å². The number of carbonyl (C=O) groups excluding carboxylic acids is 1. The van der Waals surface area contributed by atoms with Crippen LogP contribution in [0.3, 0.4) is 0 Å². The molecule has 6 heteroatoms. The Kier molecular flexibility index (Phi) is 3.73. The van der Waals surface area contributed by atoms with Crippen LogP contribution in [0, 0.1) is 0 Å². The third kappa shape index (κ3) is 2.90. The fourth-order valence-corrected chi connectivity index (χ4v) is 2.59. The molecule has 1 amide bonds. The van der Waals surface area contributed by atoms with Gasteiger partial charge in [0, 0.05) is 0 Å². The van der Waals surface area contributed by atoms with Gasteiger partial charge in [0.1, 0.15) is 4.60 Å². The molecule has 0 unspecified atom stereocenters. The molecule has 0 saturated carbocycles. The number of nitrogens with one attached hydrogen (secondary N) is 1. The van der Waals surface area contributed by atoms with Gasteiger partial charge >= 0.3 is 0 Å². The zero-order valence-corrected chi connectivity index (χ0v) is 11.9. The van der Waals surface area contributed by atoms with Gasteiger partial charge in [0.15, 0.2) is 0 Å². The van der Waals surface area contributed by atoms with Gasteiger partial charge in [-0.1, -0.05) is 0 Å². The van der Waals surface area contributed by atoms with Crippen LogP contribution in [0.1, 0.15) is 9.67 Å². The molecule has 2 heterocycles. The highest BCUT2D eigenvalue weighted by molar-refractivity contribution is 9.11. The molecule has 0 spiro atoms. The second-order valence-corrected chi connectivity index (χ2v) is 6.20. The van der Waals surface area contributed by atoms with Crippen LogP contribution in [0.5, 0.6) is 0 Å². The molecular formula is C10H6Br2N2OS. The monoisotopic (exact) mass is 360 g/mol. The number of hydrogen-bond acceptors (Lipinski definition) is 3. The summed E-state index contributed by atoms with van der Waals surface area (Å²) in [5.41, 5.74) is 0.678. The standard InChI is InChI=1S/C10H6Br2N2OS/c11-8-3-1-6(5-13-8)14-10(15)7-2-4-9(12)16-7/h1-5H,(H,14,15). The van der Waals surface area contributed by atoms with E-state index in [0.29, 0.717) is 10.6 Å². The highest BCUT2D eigenvalue weighted by Crippen LogP contribution is 2.23. The van der Waals surface area contributed by atoms with E-state index in [1.165, 1.54) is 11.3 Å². The van der Waals surface area contributed by atoms with E-state index in [-0.39, 0.29) is 5.91 Å². The molecule has 0 saturated heterocycles. The van der Waals surface area contributed by atoms with Gasteiger partial charge < -0.3 is 5.32 Å². The van der Waals surface area contributed by atoms with Crippen molar-refractivity contribution in [1.82, 2.24) is 4.98 Å². The molecular weight excluding hydrogens is 356 g/mol. The Morgan fingerprint density at radius 1 is 1.25 bits per heavy atom. The average molecular weight is 362 g/mol. The van der Waals surface area contributed by atoms with Crippen molar-refractivity contribution >= 4 is 54.8 Å². The van der Waals surface area contributed by atoms with Gasteiger partial charge in [-0.05, 0) is 56.1 Å². The largest absolute Gasteiger partial charge is 0.320 e. The lowest BCUT2D eigenvalue weighted by atomic mass is 10.4. The Bertz CT molecular complexity index is 510. The predicted octanol–water partition coefficient (Wildman–Crippen LogP) is 3.92. The summed E-state index contributed by atoms with van der Waals surface area (Å²) in [5, 5.41) is 2.77. The SMILES string of the molecule is O=C(Nc1ccc(Br)nc1)c1ccc(Br)s1. The first kappa shape index (κ1) is 11.8. The Balaban J connectivity index is 2.10. The highest BCUT2D eigenvalue weighted by Gasteiger charge is 2.08. The summed E-state index contributed by atoms with van der Waals surface area (Å²) in [7, 11) is 0.